The second kappa shape index (κ2) is 8.78. The first-order valence-corrected chi connectivity index (χ1v) is 10.7. The van der Waals surface area contributed by atoms with Gasteiger partial charge in [0.2, 0.25) is 0 Å². The molecule has 4 nitrogen and oxygen atoms in total. The van der Waals surface area contributed by atoms with Crippen molar-refractivity contribution in [1.29, 1.82) is 0 Å². The lowest BCUT2D eigenvalue weighted by Crippen LogP contribution is -2.34. The van der Waals surface area contributed by atoms with E-state index in [4.69, 9.17) is 9.47 Å². The monoisotopic (exact) mass is 402 g/mol. The minimum Gasteiger partial charge on any atom is -0.477 e. The van der Waals surface area contributed by atoms with Crippen molar-refractivity contribution in [3.8, 4) is 11.5 Å². The standard InChI is InChI=1S/C21H26N2O2S2/c26-9-7-22-12-18-5-1-3-16(20(18)24-14-22)11-17-4-2-6-19-13-23(8-10-27)15-25-21(17)19/h1-6,26-27H,7-15H2. The highest BCUT2D eigenvalue weighted by molar-refractivity contribution is 7.80. The fourth-order valence-electron chi connectivity index (χ4n) is 3.83. The lowest BCUT2D eigenvalue weighted by molar-refractivity contribution is 0.0996. The molecule has 0 radical (unpaired) electrons. The number of rotatable bonds is 6. The molecule has 2 heterocycles. The van der Waals surface area contributed by atoms with Gasteiger partial charge < -0.3 is 9.47 Å². The number of hydrogen-bond acceptors (Lipinski definition) is 6. The van der Waals surface area contributed by atoms with Gasteiger partial charge in [0, 0.05) is 55.2 Å². The fourth-order valence-corrected chi connectivity index (χ4v) is 4.40. The lowest BCUT2D eigenvalue weighted by atomic mass is 9.97. The maximum absolute atomic E-state index is 6.12. The van der Waals surface area contributed by atoms with Gasteiger partial charge in [0.05, 0.1) is 0 Å². The molecule has 6 heteroatoms. The molecule has 2 aromatic carbocycles. The fraction of sp³-hybridized carbons (Fsp3) is 0.429. The summed E-state index contributed by atoms with van der Waals surface area (Å²) in [5.74, 6) is 3.77. The molecular weight excluding hydrogens is 376 g/mol. The van der Waals surface area contributed by atoms with Crippen molar-refractivity contribution in [2.45, 2.75) is 19.5 Å². The first kappa shape index (κ1) is 19.0. The van der Waals surface area contributed by atoms with Gasteiger partial charge in [-0.1, -0.05) is 36.4 Å². The Kier molecular flexibility index (Phi) is 6.18. The van der Waals surface area contributed by atoms with Gasteiger partial charge in [-0.3, -0.25) is 9.80 Å². The van der Waals surface area contributed by atoms with Crippen LogP contribution < -0.4 is 9.47 Å². The van der Waals surface area contributed by atoms with Gasteiger partial charge in [0.1, 0.15) is 25.0 Å². The summed E-state index contributed by atoms with van der Waals surface area (Å²) in [7, 11) is 0. The highest BCUT2D eigenvalue weighted by atomic mass is 32.1. The molecule has 0 fully saturated rings. The van der Waals surface area contributed by atoms with Crippen LogP contribution in [0, 0.1) is 0 Å². The number of benzene rings is 2. The molecule has 0 aromatic heterocycles. The van der Waals surface area contributed by atoms with E-state index < -0.39 is 0 Å². The molecule has 2 aliphatic heterocycles. The molecule has 0 unspecified atom stereocenters. The summed E-state index contributed by atoms with van der Waals surface area (Å²) in [6.07, 6.45) is 0.825. The van der Waals surface area contributed by atoms with Crippen LogP contribution in [0.5, 0.6) is 11.5 Å². The first-order chi connectivity index (χ1) is 13.3. The SMILES string of the molecule is SCCN1COc2c(Cc3cccc4c3OCN(CCS)C4)cccc2C1. The maximum Gasteiger partial charge on any atom is 0.142 e. The van der Waals surface area contributed by atoms with Crippen molar-refractivity contribution < 1.29 is 9.47 Å². The lowest BCUT2D eigenvalue weighted by Gasteiger charge is -2.31. The van der Waals surface area contributed by atoms with E-state index in [0.717, 1.165) is 55.6 Å². The average molecular weight is 403 g/mol. The zero-order valence-electron chi connectivity index (χ0n) is 15.4. The van der Waals surface area contributed by atoms with Crippen LogP contribution in [-0.4, -0.2) is 47.9 Å². The van der Waals surface area contributed by atoms with Crippen LogP contribution in [0.2, 0.25) is 0 Å². The van der Waals surface area contributed by atoms with E-state index in [1.165, 1.54) is 22.3 Å². The zero-order chi connectivity index (χ0) is 18.6. The highest BCUT2D eigenvalue weighted by Crippen LogP contribution is 2.35. The van der Waals surface area contributed by atoms with Gasteiger partial charge in [0.15, 0.2) is 0 Å². The topological polar surface area (TPSA) is 24.9 Å². The van der Waals surface area contributed by atoms with E-state index >= 15 is 0 Å². The van der Waals surface area contributed by atoms with Crippen LogP contribution in [0.15, 0.2) is 36.4 Å². The van der Waals surface area contributed by atoms with Gasteiger partial charge in [-0.05, 0) is 11.1 Å². The number of para-hydroxylation sites is 2. The number of ether oxygens (including phenoxy) is 2. The molecule has 2 aromatic rings. The summed E-state index contributed by atoms with van der Waals surface area (Å²) < 4.78 is 12.2. The second-order valence-electron chi connectivity index (χ2n) is 7.09. The Morgan fingerprint density at radius 2 is 1.22 bits per heavy atom. The summed E-state index contributed by atoms with van der Waals surface area (Å²) >= 11 is 8.67. The zero-order valence-corrected chi connectivity index (χ0v) is 17.2. The van der Waals surface area contributed by atoms with Gasteiger partial charge >= 0.3 is 0 Å². The molecule has 0 aliphatic carbocycles. The Hall–Kier alpha value is -1.34. The summed E-state index contributed by atoms with van der Waals surface area (Å²) in [4.78, 5) is 4.56. The number of thiol groups is 2. The summed E-state index contributed by atoms with van der Waals surface area (Å²) in [5.41, 5.74) is 4.97. The van der Waals surface area contributed by atoms with Crippen molar-refractivity contribution in [3.05, 3.63) is 58.7 Å². The van der Waals surface area contributed by atoms with E-state index in [2.05, 4.69) is 71.5 Å². The predicted molar refractivity (Wildman–Crippen MR) is 115 cm³/mol. The Bertz CT molecular complexity index is 734. The van der Waals surface area contributed by atoms with Gasteiger partial charge in [-0.15, -0.1) is 0 Å². The molecule has 4 rings (SSSR count). The maximum atomic E-state index is 6.12. The van der Waals surface area contributed by atoms with Crippen molar-refractivity contribution in [3.63, 3.8) is 0 Å². The second-order valence-corrected chi connectivity index (χ2v) is 7.98. The van der Waals surface area contributed by atoms with Crippen molar-refractivity contribution in [2.24, 2.45) is 0 Å². The number of fused-ring (bicyclic) bond motifs is 2. The highest BCUT2D eigenvalue weighted by Gasteiger charge is 2.23. The van der Waals surface area contributed by atoms with E-state index in [9.17, 15) is 0 Å². The molecule has 2 aliphatic rings. The summed E-state index contributed by atoms with van der Waals surface area (Å²) in [6, 6.07) is 12.9. The predicted octanol–water partition coefficient (Wildman–Crippen LogP) is 3.44. The average Bonchev–Trinajstić information content (AvgIpc) is 2.69. The van der Waals surface area contributed by atoms with E-state index in [0.29, 0.717) is 13.5 Å². The Labute approximate surface area is 172 Å². The van der Waals surface area contributed by atoms with Crippen LogP contribution >= 0.6 is 25.3 Å². The van der Waals surface area contributed by atoms with Crippen molar-refractivity contribution >= 4 is 25.3 Å². The largest absolute Gasteiger partial charge is 0.477 e. The Morgan fingerprint density at radius 1 is 0.741 bits per heavy atom. The van der Waals surface area contributed by atoms with E-state index in [1.54, 1.807) is 0 Å². The Balaban J connectivity index is 1.56. The van der Waals surface area contributed by atoms with Crippen LogP contribution in [0.3, 0.4) is 0 Å². The first-order valence-electron chi connectivity index (χ1n) is 9.42. The molecule has 0 spiro atoms. The summed E-state index contributed by atoms with van der Waals surface area (Å²) in [5, 5.41) is 0. The van der Waals surface area contributed by atoms with Crippen molar-refractivity contribution in [2.75, 3.05) is 38.1 Å². The smallest absolute Gasteiger partial charge is 0.142 e. The van der Waals surface area contributed by atoms with Gasteiger partial charge in [-0.25, -0.2) is 0 Å². The number of nitrogens with zero attached hydrogens (tertiary/aromatic N) is 2. The van der Waals surface area contributed by atoms with Crippen LogP contribution in [0.1, 0.15) is 22.3 Å². The van der Waals surface area contributed by atoms with Gasteiger partial charge in [0.25, 0.3) is 0 Å². The number of hydrogen-bond donors (Lipinski definition) is 2. The molecular formula is C21H26N2O2S2. The van der Waals surface area contributed by atoms with Crippen LogP contribution in [-0.2, 0) is 19.5 Å². The van der Waals surface area contributed by atoms with E-state index in [-0.39, 0.29) is 0 Å². The molecule has 144 valence electrons. The summed E-state index contributed by atoms with van der Waals surface area (Å²) in [6.45, 7) is 4.99. The van der Waals surface area contributed by atoms with E-state index in [1.807, 2.05) is 0 Å². The van der Waals surface area contributed by atoms with Gasteiger partial charge in [-0.2, -0.15) is 25.3 Å². The minimum atomic E-state index is 0.632. The molecule has 0 saturated heterocycles. The molecule has 27 heavy (non-hydrogen) atoms. The van der Waals surface area contributed by atoms with Crippen LogP contribution in [0.4, 0.5) is 0 Å². The molecule has 0 N–H and O–H groups in total. The molecule has 0 bridgehead atoms. The molecule has 0 saturated carbocycles. The third-order valence-corrected chi connectivity index (χ3v) is 5.54. The molecule has 0 amide bonds. The third kappa shape index (κ3) is 4.24. The van der Waals surface area contributed by atoms with Crippen molar-refractivity contribution in [1.82, 2.24) is 9.80 Å². The van der Waals surface area contributed by atoms with Crippen LogP contribution in [0.25, 0.3) is 0 Å². The quantitative estimate of drug-likeness (QED) is 0.723. The Morgan fingerprint density at radius 3 is 1.67 bits per heavy atom. The minimum absolute atomic E-state index is 0.632. The third-order valence-electron chi connectivity index (χ3n) is 5.14. The normalized spacial score (nSPS) is 17.0. The molecule has 0 atom stereocenters.